The monoisotopic (exact) mass is 180 g/mol. The molecule has 1 rings (SSSR count). The summed E-state index contributed by atoms with van der Waals surface area (Å²) < 4.78 is 10.4. The molecule has 12 heavy (non-hydrogen) atoms. The standard InChI is InChI=1S/C10H13OP/c1-2-9(8-12-11)10-6-4-3-5-7-10/h3-7,9H,2,8H2,1H3/t9-/m0/s1. The Morgan fingerprint density at radius 3 is 2.50 bits per heavy atom. The molecule has 1 atom stereocenters. The van der Waals surface area contributed by atoms with Crippen molar-refractivity contribution in [2.45, 2.75) is 19.3 Å². The maximum atomic E-state index is 10.4. The van der Waals surface area contributed by atoms with Gasteiger partial charge in [-0.05, 0) is 17.9 Å². The van der Waals surface area contributed by atoms with Crippen molar-refractivity contribution in [2.24, 2.45) is 0 Å². The Morgan fingerprint density at radius 1 is 1.33 bits per heavy atom. The molecule has 0 unspecified atom stereocenters. The first kappa shape index (κ1) is 9.41. The summed E-state index contributed by atoms with van der Waals surface area (Å²) in [6.45, 7) is 2.13. The average Bonchev–Trinajstić information content (AvgIpc) is 2.15. The molecule has 1 aromatic rings. The third-order valence-electron chi connectivity index (χ3n) is 2.06. The Bertz CT molecular complexity index is 233. The molecule has 0 saturated heterocycles. The van der Waals surface area contributed by atoms with Crippen molar-refractivity contribution in [3.05, 3.63) is 35.9 Å². The van der Waals surface area contributed by atoms with Crippen LogP contribution in [0, 0.1) is 0 Å². The third-order valence-corrected chi connectivity index (χ3v) is 2.65. The Hall–Kier alpha value is -0.680. The number of hydrogen-bond donors (Lipinski definition) is 0. The van der Waals surface area contributed by atoms with Crippen LogP contribution in [0.15, 0.2) is 30.3 Å². The van der Waals surface area contributed by atoms with Gasteiger partial charge in [0.05, 0.1) is 0 Å². The van der Waals surface area contributed by atoms with Crippen LogP contribution in [0.4, 0.5) is 0 Å². The molecule has 0 aliphatic carbocycles. The van der Waals surface area contributed by atoms with Crippen molar-refractivity contribution in [2.75, 3.05) is 6.16 Å². The van der Waals surface area contributed by atoms with E-state index in [1.165, 1.54) is 5.56 Å². The molecule has 2 heteroatoms. The van der Waals surface area contributed by atoms with Crippen molar-refractivity contribution < 1.29 is 4.57 Å². The summed E-state index contributed by atoms with van der Waals surface area (Å²) in [5.41, 5.74) is 1.29. The van der Waals surface area contributed by atoms with Crippen LogP contribution >= 0.6 is 8.46 Å². The number of hydrogen-bond acceptors (Lipinski definition) is 1. The summed E-state index contributed by atoms with van der Waals surface area (Å²) in [5.74, 6) is 0.449. The second-order valence-electron chi connectivity index (χ2n) is 2.83. The van der Waals surface area contributed by atoms with Crippen LogP contribution in [0.3, 0.4) is 0 Å². The molecular weight excluding hydrogens is 167 g/mol. The zero-order valence-electron chi connectivity index (χ0n) is 7.23. The molecule has 0 heterocycles. The topological polar surface area (TPSA) is 17.1 Å². The largest absolute Gasteiger partial charge is 0.275 e. The van der Waals surface area contributed by atoms with E-state index < -0.39 is 0 Å². The first-order chi connectivity index (χ1) is 5.88. The molecular formula is C10H13OP. The number of rotatable bonds is 4. The van der Waals surface area contributed by atoms with Gasteiger partial charge in [-0.2, -0.15) is 0 Å². The van der Waals surface area contributed by atoms with Gasteiger partial charge in [-0.15, -0.1) is 0 Å². The summed E-state index contributed by atoms with van der Waals surface area (Å²) in [7, 11) is 0.250. The molecule has 0 saturated carbocycles. The normalized spacial score (nSPS) is 13.1. The molecule has 0 N–H and O–H groups in total. The quantitative estimate of drug-likeness (QED) is 0.648. The maximum absolute atomic E-state index is 10.4. The second-order valence-corrected chi connectivity index (χ2v) is 3.45. The van der Waals surface area contributed by atoms with E-state index in [0.717, 1.165) is 12.6 Å². The van der Waals surface area contributed by atoms with Gasteiger partial charge in [-0.3, -0.25) is 4.57 Å². The molecule has 64 valence electrons. The highest BCUT2D eigenvalue weighted by Crippen LogP contribution is 2.22. The highest BCUT2D eigenvalue weighted by Gasteiger charge is 2.07. The van der Waals surface area contributed by atoms with Crippen molar-refractivity contribution in [1.29, 1.82) is 0 Å². The molecule has 0 spiro atoms. The first-order valence-corrected chi connectivity index (χ1v) is 5.22. The first-order valence-electron chi connectivity index (χ1n) is 4.22. The summed E-state index contributed by atoms with van der Waals surface area (Å²) in [6, 6.07) is 10.3. The van der Waals surface area contributed by atoms with Crippen molar-refractivity contribution in [3.8, 4) is 0 Å². The van der Waals surface area contributed by atoms with Gasteiger partial charge >= 0.3 is 0 Å². The molecule has 0 aliphatic heterocycles. The lowest BCUT2D eigenvalue weighted by molar-refractivity contribution is 0.593. The summed E-state index contributed by atoms with van der Waals surface area (Å²) in [6.07, 6.45) is 1.79. The van der Waals surface area contributed by atoms with Gasteiger partial charge in [-0.25, -0.2) is 0 Å². The third kappa shape index (κ3) is 2.42. The molecule has 0 amide bonds. The van der Waals surface area contributed by atoms with E-state index >= 15 is 0 Å². The van der Waals surface area contributed by atoms with Crippen molar-refractivity contribution in [1.82, 2.24) is 0 Å². The van der Waals surface area contributed by atoms with Crippen LogP contribution in [0.5, 0.6) is 0 Å². The lowest BCUT2D eigenvalue weighted by Gasteiger charge is -2.10. The average molecular weight is 180 g/mol. The Morgan fingerprint density at radius 2 is 2.00 bits per heavy atom. The maximum Gasteiger partial charge on any atom is 0.155 e. The van der Waals surface area contributed by atoms with Crippen LogP contribution in [0.25, 0.3) is 0 Å². The van der Waals surface area contributed by atoms with Crippen LogP contribution in [-0.2, 0) is 4.57 Å². The minimum atomic E-state index is 0.250. The smallest absolute Gasteiger partial charge is 0.155 e. The molecule has 0 radical (unpaired) electrons. The van der Waals surface area contributed by atoms with E-state index in [1.54, 1.807) is 0 Å². The summed E-state index contributed by atoms with van der Waals surface area (Å²) in [4.78, 5) is 0. The molecule has 0 aliphatic rings. The Kier molecular flexibility index (Phi) is 3.96. The van der Waals surface area contributed by atoms with Crippen LogP contribution < -0.4 is 0 Å². The van der Waals surface area contributed by atoms with Gasteiger partial charge in [0.25, 0.3) is 0 Å². The van der Waals surface area contributed by atoms with Gasteiger partial charge in [0.2, 0.25) is 0 Å². The SMILES string of the molecule is CC[C@@H](CP=O)c1ccccc1. The van der Waals surface area contributed by atoms with Gasteiger partial charge in [-0.1, -0.05) is 37.3 Å². The predicted octanol–water partition coefficient (Wildman–Crippen LogP) is 3.47. The lowest BCUT2D eigenvalue weighted by atomic mass is 9.99. The van der Waals surface area contributed by atoms with Gasteiger partial charge < -0.3 is 0 Å². The molecule has 0 fully saturated rings. The molecule has 1 nitrogen and oxygen atoms in total. The van der Waals surface area contributed by atoms with E-state index in [-0.39, 0.29) is 8.46 Å². The highest BCUT2D eigenvalue weighted by atomic mass is 31.1. The fourth-order valence-electron chi connectivity index (χ4n) is 1.29. The molecule has 0 aromatic heterocycles. The summed E-state index contributed by atoms with van der Waals surface area (Å²) in [5, 5.41) is 0. The summed E-state index contributed by atoms with van der Waals surface area (Å²) >= 11 is 0. The van der Waals surface area contributed by atoms with Crippen LogP contribution in [-0.4, -0.2) is 6.16 Å². The minimum Gasteiger partial charge on any atom is -0.275 e. The lowest BCUT2D eigenvalue weighted by Crippen LogP contribution is -1.97. The van der Waals surface area contributed by atoms with Crippen molar-refractivity contribution >= 4 is 8.46 Å². The van der Waals surface area contributed by atoms with Crippen molar-refractivity contribution in [3.63, 3.8) is 0 Å². The fraction of sp³-hybridized carbons (Fsp3) is 0.400. The van der Waals surface area contributed by atoms with E-state index in [2.05, 4.69) is 19.1 Å². The number of benzene rings is 1. The van der Waals surface area contributed by atoms with Gasteiger partial charge in [0, 0.05) is 6.16 Å². The Balaban J connectivity index is 2.72. The zero-order valence-corrected chi connectivity index (χ0v) is 8.13. The molecule has 0 bridgehead atoms. The van der Waals surface area contributed by atoms with E-state index in [9.17, 15) is 4.57 Å². The van der Waals surface area contributed by atoms with E-state index in [1.807, 2.05) is 18.2 Å². The fourth-order valence-corrected chi connectivity index (χ4v) is 1.93. The van der Waals surface area contributed by atoms with Crippen LogP contribution in [0.1, 0.15) is 24.8 Å². The Labute approximate surface area is 75.0 Å². The van der Waals surface area contributed by atoms with Crippen LogP contribution in [0.2, 0.25) is 0 Å². The molecule has 1 aromatic carbocycles. The van der Waals surface area contributed by atoms with Gasteiger partial charge in [0.1, 0.15) is 0 Å². The van der Waals surface area contributed by atoms with E-state index in [4.69, 9.17) is 0 Å². The minimum absolute atomic E-state index is 0.250. The van der Waals surface area contributed by atoms with E-state index in [0.29, 0.717) is 5.92 Å². The zero-order chi connectivity index (χ0) is 8.81. The van der Waals surface area contributed by atoms with Gasteiger partial charge in [0.15, 0.2) is 8.46 Å². The predicted molar refractivity (Wildman–Crippen MR) is 51.9 cm³/mol. The highest BCUT2D eigenvalue weighted by molar-refractivity contribution is 7.23. The second kappa shape index (κ2) is 5.05.